The van der Waals surface area contributed by atoms with E-state index in [1.54, 1.807) is 13.8 Å². The van der Waals surface area contributed by atoms with E-state index in [0.717, 1.165) is 0 Å². The molecule has 15 heavy (non-hydrogen) atoms. The van der Waals surface area contributed by atoms with Gasteiger partial charge in [-0.1, -0.05) is 0 Å². The second-order valence-corrected chi connectivity index (χ2v) is 2.76. The molecule has 0 aliphatic carbocycles. The van der Waals surface area contributed by atoms with Crippen molar-refractivity contribution >= 4 is 5.97 Å². The number of rotatable bonds is 4. The molecule has 5 nitrogen and oxygen atoms in total. The summed E-state index contributed by atoms with van der Waals surface area (Å²) in [4.78, 5) is 22.2. The molecule has 1 rings (SSSR count). The molecule has 0 bridgehead atoms. The van der Waals surface area contributed by atoms with Crippen LogP contribution in [0.25, 0.3) is 0 Å². The van der Waals surface area contributed by atoms with E-state index in [1.807, 2.05) is 0 Å². The van der Waals surface area contributed by atoms with Crippen LogP contribution in [0.5, 0.6) is 5.75 Å². The van der Waals surface area contributed by atoms with Gasteiger partial charge < -0.3 is 13.9 Å². The highest BCUT2D eigenvalue weighted by Crippen LogP contribution is 2.10. The fourth-order valence-corrected chi connectivity index (χ4v) is 1.01. The minimum absolute atomic E-state index is 0.0468. The molecule has 0 fully saturated rings. The molecule has 82 valence electrons. The molecule has 1 heterocycles. The van der Waals surface area contributed by atoms with Gasteiger partial charge in [0.25, 0.3) is 0 Å². The SMILES string of the molecule is CCOC(=O)COc1c(C)occc1=O. The zero-order valence-corrected chi connectivity index (χ0v) is 8.61. The third-order valence-electron chi connectivity index (χ3n) is 1.65. The van der Waals surface area contributed by atoms with Crippen LogP contribution in [-0.4, -0.2) is 19.2 Å². The molecule has 0 atom stereocenters. The maximum Gasteiger partial charge on any atom is 0.344 e. The van der Waals surface area contributed by atoms with Gasteiger partial charge in [0.15, 0.2) is 6.61 Å². The monoisotopic (exact) mass is 212 g/mol. The van der Waals surface area contributed by atoms with E-state index in [1.165, 1.54) is 12.3 Å². The van der Waals surface area contributed by atoms with Crippen LogP contribution in [0.3, 0.4) is 0 Å². The Balaban J connectivity index is 2.65. The Morgan fingerprint density at radius 3 is 2.87 bits per heavy atom. The van der Waals surface area contributed by atoms with E-state index in [-0.39, 0.29) is 24.4 Å². The molecule has 0 aromatic carbocycles. The number of esters is 1. The Morgan fingerprint density at radius 2 is 2.27 bits per heavy atom. The maximum absolute atomic E-state index is 11.3. The summed E-state index contributed by atoms with van der Waals surface area (Å²) in [5, 5.41) is 0. The van der Waals surface area contributed by atoms with Gasteiger partial charge >= 0.3 is 5.97 Å². The summed E-state index contributed by atoms with van der Waals surface area (Å²) in [5.74, 6) is -0.127. The first kappa shape index (κ1) is 11.3. The summed E-state index contributed by atoms with van der Waals surface area (Å²) in [7, 11) is 0. The molecule has 0 spiro atoms. The van der Waals surface area contributed by atoms with Crippen molar-refractivity contribution in [3.8, 4) is 5.75 Å². The van der Waals surface area contributed by atoms with Crippen LogP contribution >= 0.6 is 0 Å². The second-order valence-electron chi connectivity index (χ2n) is 2.76. The Kier molecular flexibility index (Phi) is 3.91. The van der Waals surface area contributed by atoms with Crippen molar-refractivity contribution in [3.63, 3.8) is 0 Å². The second kappa shape index (κ2) is 5.19. The van der Waals surface area contributed by atoms with Crippen LogP contribution in [0.4, 0.5) is 0 Å². The van der Waals surface area contributed by atoms with Crippen molar-refractivity contribution in [3.05, 3.63) is 28.3 Å². The van der Waals surface area contributed by atoms with Gasteiger partial charge in [-0.2, -0.15) is 0 Å². The molecule has 1 aromatic rings. The molecule has 0 amide bonds. The normalized spacial score (nSPS) is 9.73. The van der Waals surface area contributed by atoms with E-state index in [9.17, 15) is 9.59 Å². The van der Waals surface area contributed by atoms with Crippen LogP contribution in [0, 0.1) is 6.92 Å². The lowest BCUT2D eigenvalue weighted by Gasteiger charge is -2.05. The van der Waals surface area contributed by atoms with Crippen LogP contribution < -0.4 is 10.2 Å². The molecule has 0 aliphatic heterocycles. The lowest BCUT2D eigenvalue weighted by molar-refractivity contribution is -0.145. The van der Waals surface area contributed by atoms with Crippen LogP contribution in [0.15, 0.2) is 21.5 Å². The lowest BCUT2D eigenvalue weighted by atomic mass is 10.4. The van der Waals surface area contributed by atoms with Gasteiger partial charge in [-0.05, 0) is 13.8 Å². The molecular weight excluding hydrogens is 200 g/mol. The van der Waals surface area contributed by atoms with Crippen molar-refractivity contribution in [1.29, 1.82) is 0 Å². The summed E-state index contributed by atoms with van der Waals surface area (Å²) >= 11 is 0. The maximum atomic E-state index is 11.3. The third-order valence-corrected chi connectivity index (χ3v) is 1.65. The van der Waals surface area contributed by atoms with E-state index in [2.05, 4.69) is 4.74 Å². The van der Waals surface area contributed by atoms with Crippen molar-refractivity contribution < 1.29 is 18.7 Å². The first-order valence-corrected chi connectivity index (χ1v) is 4.52. The topological polar surface area (TPSA) is 65.7 Å². The predicted octanol–water partition coefficient (Wildman–Crippen LogP) is 0.890. The zero-order chi connectivity index (χ0) is 11.3. The van der Waals surface area contributed by atoms with E-state index in [4.69, 9.17) is 9.15 Å². The first-order valence-electron chi connectivity index (χ1n) is 4.52. The number of carbonyl (C=O) groups excluding carboxylic acids is 1. The highest BCUT2D eigenvalue weighted by molar-refractivity contribution is 5.71. The van der Waals surface area contributed by atoms with Gasteiger partial charge in [0.2, 0.25) is 11.2 Å². The number of hydrogen-bond acceptors (Lipinski definition) is 5. The minimum Gasteiger partial charge on any atom is -0.475 e. The summed E-state index contributed by atoms with van der Waals surface area (Å²) in [6.07, 6.45) is 1.27. The molecule has 0 saturated carbocycles. The Morgan fingerprint density at radius 1 is 1.53 bits per heavy atom. The molecule has 0 unspecified atom stereocenters. The van der Waals surface area contributed by atoms with Gasteiger partial charge in [0, 0.05) is 6.07 Å². The third kappa shape index (κ3) is 3.12. The predicted molar refractivity (Wildman–Crippen MR) is 51.8 cm³/mol. The number of aryl methyl sites for hydroxylation is 1. The van der Waals surface area contributed by atoms with Gasteiger partial charge in [-0.3, -0.25) is 4.79 Å². The summed E-state index contributed by atoms with van der Waals surface area (Å²) < 4.78 is 14.6. The molecule has 0 radical (unpaired) electrons. The summed E-state index contributed by atoms with van der Waals surface area (Å²) in [6, 6.07) is 1.23. The molecule has 1 aromatic heterocycles. The van der Waals surface area contributed by atoms with E-state index >= 15 is 0 Å². The Labute approximate surface area is 86.6 Å². The van der Waals surface area contributed by atoms with Gasteiger partial charge in [-0.15, -0.1) is 0 Å². The summed E-state index contributed by atoms with van der Waals surface area (Å²) in [5.41, 5.74) is -0.317. The lowest BCUT2D eigenvalue weighted by Crippen LogP contribution is -2.18. The Hall–Kier alpha value is -1.78. The fraction of sp³-hybridized carbons (Fsp3) is 0.400. The summed E-state index contributed by atoms with van der Waals surface area (Å²) in [6.45, 7) is 3.27. The molecule has 0 N–H and O–H groups in total. The largest absolute Gasteiger partial charge is 0.475 e. The minimum atomic E-state index is -0.514. The van der Waals surface area contributed by atoms with Crippen molar-refractivity contribution in [1.82, 2.24) is 0 Å². The molecule has 0 saturated heterocycles. The van der Waals surface area contributed by atoms with Crippen molar-refractivity contribution in [2.45, 2.75) is 13.8 Å². The first-order chi connectivity index (χ1) is 7.15. The average molecular weight is 212 g/mol. The van der Waals surface area contributed by atoms with Crippen LogP contribution in [0.2, 0.25) is 0 Å². The quantitative estimate of drug-likeness (QED) is 0.693. The van der Waals surface area contributed by atoms with Crippen molar-refractivity contribution in [2.24, 2.45) is 0 Å². The number of carbonyl (C=O) groups is 1. The van der Waals surface area contributed by atoms with E-state index in [0.29, 0.717) is 5.76 Å². The Bertz CT molecular complexity index is 393. The fourth-order valence-electron chi connectivity index (χ4n) is 1.01. The van der Waals surface area contributed by atoms with Gasteiger partial charge in [-0.25, -0.2) is 4.79 Å². The van der Waals surface area contributed by atoms with Gasteiger partial charge in [0.1, 0.15) is 5.76 Å². The average Bonchev–Trinajstić information content (AvgIpc) is 2.17. The zero-order valence-electron chi connectivity index (χ0n) is 8.61. The smallest absolute Gasteiger partial charge is 0.344 e. The van der Waals surface area contributed by atoms with Crippen molar-refractivity contribution in [2.75, 3.05) is 13.2 Å². The van der Waals surface area contributed by atoms with Crippen LogP contribution in [0.1, 0.15) is 12.7 Å². The standard InChI is InChI=1S/C10H12O5/c1-3-13-9(12)6-15-10-7(2)14-5-4-8(10)11/h4-5H,3,6H2,1-2H3. The molecule has 5 heteroatoms. The number of hydrogen-bond donors (Lipinski definition) is 0. The van der Waals surface area contributed by atoms with Crippen LogP contribution in [-0.2, 0) is 9.53 Å². The number of ether oxygens (including phenoxy) is 2. The molecule has 0 aliphatic rings. The van der Waals surface area contributed by atoms with Gasteiger partial charge in [0.05, 0.1) is 12.9 Å². The highest BCUT2D eigenvalue weighted by Gasteiger charge is 2.09. The molecular formula is C10H12O5. The van der Waals surface area contributed by atoms with E-state index < -0.39 is 5.97 Å². The highest BCUT2D eigenvalue weighted by atomic mass is 16.6.